The number of pyridine rings is 1. The molecule has 0 aliphatic heterocycles. The fourth-order valence-electron chi connectivity index (χ4n) is 3.57. The number of hydrogen-bond donors (Lipinski definition) is 4. The minimum absolute atomic E-state index is 0.0456. The Morgan fingerprint density at radius 2 is 2.00 bits per heavy atom. The second-order valence-corrected chi connectivity index (χ2v) is 8.35. The average Bonchev–Trinajstić information content (AvgIpc) is 2.84. The monoisotopic (exact) mass is 520 g/mol. The smallest absolute Gasteiger partial charge is 0.412 e. The first-order valence-corrected chi connectivity index (χ1v) is 11.5. The summed E-state index contributed by atoms with van der Waals surface area (Å²) >= 11 is 6.02. The Bertz CT molecular complexity index is 1220. The van der Waals surface area contributed by atoms with Gasteiger partial charge < -0.3 is 4.74 Å². The second-order valence-electron chi connectivity index (χ2n) is 7.97. The van der Waals surface area contributed by atoms with E-state index in [2.05, 4.69) is 21.2 Å². The summed E-state index contributed by atoms with van der Waals surface area (Å²) in [6.07, 6.45) is 1.73. The number of nitrogens with zero attached hydrogens (tertiary/aromatic N) is 2. The van der Waals surface area contributed by atoms with Crippen LogP contribution in [0.5, 0.6) is 0 Å². The van der Waals surface area contributed by atoms with Crippen molar-refractivity contribution in [3.05, 3.63) is 70.9 Å². The van der Waals surface area contributed by atoms with Crippen LogP contribution in [0.3, 0.4) is 0 Å². The van der Waals surface area contributed by atoms with Crippen LogP contribution in [-0.4, -0.2) is 41.2 Å². The highest BCUT2D eigenvalue weighted by Crippen LogP contribution is 2.20. The lowest BCUT2D eigenvalue weighted by atomic mass is 10.1. The van der Waals surface area contributed by atoms with E-state index in [1.807, 2.05) is 0 Å². The average molecular weight is 521 g/mol. The lowest BCUT2D eigenvalue weighted by Gasteiger charge is -2.31. The van der Waals surface area contributed by atoms with Crippen molar-refractivity contribution < 1.29 is 23.1 Å². The summed E-state index contributed by atoms with van der Waals surface area (Å²) in [5, 5.41) is 5.06. The fourth-order valence-corrected chi connectivity index (χ4v) is 3.77. The summed E-state index contributed by atoms with van der Waals surface area (Å²) in [7, 11) is 0. The van der Waals surface area contributed by atoms with Crippen molar-refractivity contribution >= 4 is 40.2 Å². The molecule has 0 fully saturated rings. The highest BCUT2D eigenvalue weighted by molar-refractivity contribution is 6.31. The van der Waals surface area contributed by atoms with Crippen molar-refractivity contribution in [3.8, 4) is 0 Å². The third kappa shape index (κ3) is 7.56. The predicted molar refractivity (Wildman–Crippen MR) is 133 cm³/mol. The van der Waals surface area contributed by atoms with Gasteiger partial charge in [0, 0.05) is 31.6 Å². The maximum atomic E-state index is 13.8. The fraction of sp³-hybridized carbons (Fsp3) is 0.292. The predicted octanol–water partition coefficient (Wildman–Crippen LogP) is 3.88. The SMILES string of the molecule is CC(=O)N(NCc1cccc(F)c1Cl)[C@@H](CCCNN)COC(=O)Nc1cc2cc(F)ccc2cn1. The molecule has 1 atom stereocenters. The molecule has 0 aliphatic carbocycles. The van der Waals surface area contributed by atoms with E-state index in [0.717, 1.165) is 0 Å². The first-order valence-electron chi connectivity index (χ1n) is 11.2. The summed E-state index contributed by atoms with van der Waals surface area (Å²) in [4.78, 5) is 29.0. The molecule has 0 saturated heterocycles. The topological polar surface area (TPSA) is 122 Å². The van der Waals surface area contributed by atoms with Crippen molar-refractivity contribution in [2.24, 2.45) is 5.84 Å². The number of carbonyl (C=O) groups is 2. The molecule has 3 rings (SSSR count). The molecule has 2 aromatic carbocycles. The van der Waals surface area contributed by atoms with E-state index in [1.165, 1.54) is 48.5 Å². The van der Waals surface area contributed by atoms with E-state index in [-0.39, 0.29) is 29.9 Å². The maximum Gasteiger partial charge on any atom is 0.412 e. The molecule has 2 amide bonds. The summed E-state index contributed by atoms with van der Waals surface area (Å²) in [6, 6.07) is 9.59. The quantitative estimate of drug-likeness (QED) is 0.172. The Kier molecular flexibility index (Phi) is 9.88. The van der Waals surface area contributed by atoms with Crippen LogP contribution in [0.25, 0.3) is 10.8 Å². The van der Waals surface area contributed by atoms with Crippen LogP contribution in [0.1, 0.15) is 25.3 Å². The zero-order chi connectivity index (χ0) is 26.1. The van der Waals surface area contributed by atoms with Gasteiger partial charge >= 0.3 is 6.09 Å². The van der Waals surface area contributed by atoms with E-state index in [0.29, 0.717) is 35.7 Å². The summed E-state index contributed by atoms with van der Waals surface area (Å²) in [6.45, 7) is 1.75. The van der Waals surface area contributed by atoms with E-state index < -0.39 is 23.8 Å². The van der Waals surface area contributed by atoms with Gasteiger partial charge in [0.2, 0.25) is 5.91 Å². The summed E-state index contributed by atoms with van der Waals surface area (Å²) in [5.41, 5.74) is 5.95. The lowest BCUT2D eigenvalue weighted by Crippen LogP contribution is -2.50. The molecule has 0 unspecified atom stereocenters. The first-order chi connectivity index (χ1) is 17.3. The van der Waals surface area contributed by atoms with Crippen LogP contribution in [0.2, 0.25) is 5.02 Å². The second kappa shape index (κ2) is 13.1. The molecule has 192 valence electrons. The molecule has 3 aromatic rings. The van der Waals surface area contributed by atoms with Gasteiger partial charge in [0.1, 0.15) is 24.1 Å². The normalized spacial score (nSPS) is 11.8. The van der Waals surface area contributed by atoms with Gasteiger partial charge in [-0.05, 0) is 54.1 Å². The largest absolute Gasteiger partial charge is 0.447 e. The zero-order valence-corrected chi connectivity index (χ0v) is 20.3. The van der Waals surface area contributed by atoms with Crippen molar-refractivity contribution in [1.82, 2.24) is 20.8 Å². The number of nitrogens with two attached hydrogens (primary N) is 1. The molecule has 36 heavy (non-hydrogen) atoms. The van der Waals surface area contributed by atoms with Gasteiger partial charge in [-0.15, -0.1) is 0 Å². The minimum Gasteiger partial charge on any atom is -0.447 e. The van der Waals surface area contributed by atoms with Crippen molar-refractivity contribution in [3.63, 3.8) is 0 Å². The van der Waals surface area contributed by atoms with Crippen LogP contribution in [-0.2, 0) is 16.1 Å². The summed E-state index contributed by atoms with van der Waals surface area (Å²) in [5.74, 6) is 4.22. The Morgan fingerprint density at radius 3 is 2.75 bits per heavy atom. The highest BCUT2D eigenvalue weighted by Gasteiger charge is 2.23. The Balaban J connectivity index is 1.66. The number of benzene rings is 2. The number of rotatable bonds is 11. The van der Waals surface area contributed by atoms with Crippen LogP contribution in [0.4, 0.5) is 19.4 Å². The van der Waals surface area contributed by atoms with Crippen LogP contribution in [0.15, 0.2) is 48.7 Å². The maximum absolute atomic E-state index is 13.8. The molecule has 0 saturated carbocycles. The van der Waals surface area contributed by atoms with Crippen molar-refractivity contribution in [1.29, 1.82) is 0 Å². The molecule has 0 bridgehead atoms. The Hall–Kier alpha value is -3.38. The van der Waals surface area contributed by atoms with E-state index >= 15 is 0 Å². The number of anilines is 1. The van der Waals surface area contributed by atoms with Gasteiger partial charge in [-0.2, -0.15) is 0 Å². The summed E-state index contributed by atoms with van der Waals surface area (Å²) < 4.78 is 32.7. The number of aromatic nitrogens is 1. The Morgan fingerprint density at radius 1 is 1.19 bits per heavy atom. The molecular weight excluding hydrogens is 494 g/mol. The highest BCUT2D eigenvalue weighted by atomic mass is 35.5. The van der Waals surface area contributed by atoms with E-state index in [9.17, 15) is 18.4 Å². The lowest BCUT2D eigenvalue weighted by molar-refractivity contribution is -0.136. The number of ether oxygens (including phenoxy) is 1. The number of nitrogens with one attached hydrogen (secondary N) is 3. The van der Waals surface area contributed by atoms with Crippen LogP contribution < -0.4 is 22.0 Å². The molecular formula is C24H27ClF2N6O3. The van der Waals surface area contributed by atoms with Crippen LogP contribution >= 0.6 is 11.6 Å². The number of carbonyl (C=O) groups excluding carboxylic acids is 2. The van der Waals surface area contributed by atoms with Gasteiger partial charge in [-0.25, -0.2) is 24.0 Å². The molecule has 0 radical (unpaired) electrons. The standard InChI is InChI=1S/C24H27ClF2N6O3/c1-15(34)33(31-13-17-4-2-6-21(27)23(17)25)20(5-3-9-30-28)14-36-24(35)32-22-11-18-10-19(26)8-7-16(18)12-29-22/h2,4,6-8,10-12,20,30-31H,3,5,9,13-14,28H2,1H3,(H,29,32,35)/t20-/m0/s1. The first kappa shape index (κ1) is 27.2. The number of hydrazine groups is 2. The number of halogens is 3. The minimum atomic E-state index is -0.795. The molecule has 1 heterocycles. The van der Waals surface area contributed by atoms with E-state index in [1.54, 1.807) is 12.1 Å². The third-order valence-electron chi connectivity index (χ3n) is 5.36. The van der Waals surface area contributed by atoms with Gasteiger partial charge in [-0.3, -0.25) is 26.4 Å². The van der Waals surface area contributed by atoms with Crippen molar-refractivity contribution in [2.75, 3.05) is 18.5 Å². The molecule has 9 nitrogen and oxygen atoms in total. The number of fused-ring (bicyclic) bond motifs is 1. The molecule has 0 spiro atoms. The van der Waals surface area contributed by atoms with Crippen LogP contribution in [0, 0.1) is 11.6 Å². The molecule has 1 aromatic heterocycles. The van der Waals surface area contributed by atoms with Gasteiger partial charge in [0.25, 0.3) is 0 Å². The zero-order valence-electron chi connectivity index (χ0n) is 19.6. The van der Waals surface area contributed by atoms with E-state index in [4.69, 9.17) is 22.2 Å². The molecule has 5 N–H and O–H groups in total. The van der Waals surface area contributed by atoms with Gasteiger partial charge in [0.05, 0.1) is 11.1 Å². The molecule has 12 heteroatoms. The number of hydrogen-bond acceptors (Lipinski definition) is 7. The molecule has 0 aliphatic rings. The van der Waals surface area contributed by atoms with Gasteiger partial charge in [0.15, 0.2) is 0 Å². The van der Waals surface area contributed by atoms with Crippen molar-refractivity contribution in [2.45, 2.75) is 32.4 Å². The third-order valence-corrected chi connectivity index (χ3v) is 5.78. The number of amides is 2. The Labute approximate surface area is 211 Å². The van der Waals surface area contributed by atoms with Gasteiger partial charge in [-0.1, -0.05) is 23.7 Å².